The molecule has 1 amide bonds. The van der Waals surface area contributed by atoms with Crippen LogP contribution in [0, 0.1) is 0 Å². The van der Waals surface area contributed by atoms with E-state index in [9.17, 15) is 4.79 Å². The van der Waals surface area contributed by atoms with Gasteiger partial charge in [0.1, 0.15) is 5.75 Å². The van der Waals surface area contributed by atoms with E-state index in [-0.39, 0.29) is 11.9 Å². The van der Waals surface area contributed by atoms with Crippen molar-refractivity contribution in [1.82, 2.24) is 15.5 Å². The van der Waals surface area contributed by atoms with Crippen molar-refractivity contribution in [2.24, 2.45) is 0 Å². The van der Waals surface area contributed by atoms with Gasteiger partial charge in [-0.2, -0.15) is 0 Å². The van der Waals surface area contributed by atoms with Gasteiger partial charge in [-0.15, -0.1) is 10.2 Å². The Kier molecular flexibility index (Phi) is 5.47. The Bertz CT molecular complexity index is 923. The Hall–Kier alpha value is -3.41. The van der Waals surface area contributed by atoms with Crippen LogP contribution in [0.1, 0.15) is 36.2 Å². The summed E-state index contributed by atoms with van der Waals surface area (Å²) in [5, 5.41) is 14.4. The zero-order valence-corrected chi connectivity index (χ0v) is 15.5. The number of nitrogens with zero attached hydrogens (tertiary/aromatic N) is 2. The lowest BCUT2D eigenvalue weighted by atomic mass is 10.2. The first-order chi connectivity index (χ1) is 13.8. The number of hydrogen-bond donors (Lipinski definition) is 2. The maximum Gasteiger partial charge on any atom is 0.272 e. The summed E-state index contributed by atoms with van der Waals surface area (Å²) in [5.74, 6) is 1.81. The summed E-state index contributed by atoms with van der Waals surface area (Å²) >= 11 is 0. The molecule has 1 aliphatic carbocycles. The summed E-state index contributed by atoms with van der Waals surface area (Å²) in [7, 11) is 0. The van der Waals surface area contributed by atoms with Crippen molar-refractivity contribution in [3.63, 3.8) is 0 Å². The highest BCUT2D eigenvalue weighted by atomic mass is 16.5. The van der Waals surface area contributed by atoms with Crippen molar-refractivity contribution in [3.8, 4) is 11.5 Å². The molecule has 1 heterocycles. The van der Waals surface area contributed by atoms with Gasteiger partial charge in [-0.3, -0.25) is 4.79 Å². The first-order valence-corrected chi connectivity index (χ1v) is 9.51. The summed E-state index contributed by atoms with van der Waals surface area (Å²) in [6, 6.07) is 20.9. The van der Waals surface area contributed by atoms with Crippen LogP contribution < -0.4 is 15.4 Å². The van der Waals surface area contributed by atoms with Crippen LogP contribution >= 0.6 is 0 Å². The van der Waals surface area contributed by atoms with E-state index in [1.165, 1.54) is 12.8 Å². The summed E-state index contributed by atoms with van der Waals surface area (Å²) < 4.78 is 5.94. The van der Waals surface area contributed by atoms with E-state index in [0.29, 0.717) is 17.3 Å². The number of benzene rings is 2. The van der Waals surface area contributed by atoms with Gasteiger partial charge in [0.05, 0.1) is 5.69 Å². The highest BCUT2D eigenvalue weighted by Crippen LogP contribution is 2.30. The third-order valence-electron chi connectivity index (χ3n) is 4.71. The smallest absolute Gasteiger partial charge is 0.272 e. The molecule has 0 bridgehead atoms. The predicted octanol–water partition coefficient (Wildman–Crippen LogP) is 4.68. The summed E-state index contributed by atoms with van der Waals surface area (Å²) in [4.78, 5) is 12.3. The topological polar surface area (TPSA) is 76.1 Å². The van der Waals surface area contributed by atoms with Crippen molar-refractivity contribution in [3.05, 3.63) is 72.4 Å². The highest BCUT2D eigenvalue weighted by molar-refractivity contribution is 5.92. The molecule has 2 N–H and O–H groups in total. The monoisotopic (exact) mass is 374 g/mol. The van der Waals surface area contributed by atoms with Crippen molar-refractivity contribution < 1.29 is 9.53 Å². The average molecular weight is 374 g/mol. The van der Waals surface area contributed by atoms with Crippen LogP contribution in [0.3, 0.4) is 0 Å². The highest BCUT2D eigenvalue weighted by Gasteiger charge is 2.19. The largest absolute Gasteiger partial charge is 0.455 e. The van der Waals surface area contributed by atoms with Gasteiger partial charge in [0, 0.05) is 6.04 Å². The summed E-state index contributed by atoms with van der Waals surface area (Å²) in [6.07, 6.45) is 4.42. The normalized spacial score (nSPS) is 13.9. The van der Waals surface area contributed by atoms with Gasteiger partial charge in [-0.05, 0) is 49.2 Å². The number of hydrogen-bond acceptors (Lipinski definition) is 5. The fourth-order valence-corrected chi connectivity index (χ4v) is 3.26. The van der Waals surface area contributed by atoms with Crippen molar-refractivity contribution in [2.45, 2.75) is 31.7 Å². The molecule has 4 rings (SSSR count). The number of carbonyl (C=O) groups excluding carboxylic acids is 1. The number of aromatic nitrogens is 2. The van der Waals surface area contributed by atoms with E-state index in [1.807, 2.05) is 54.6 Å². The molecule has 0 aliphatic heterocycles. The molecule has 6 nitrogen and oxygen atoms in total. The second kappa shape index (κ2) is 8.52. The van der Waals surface area contributed by atoms with Crippen LogP contribution in [0.15, 0.2) is 66.7 Å². The fraction of sp³-hybridized carbons (Fsp3) is 0.227. The van der Waals surface area contributed by atoms with Gasteiger partial charge in [-0.1, -0.05) is 43.2 Å². The summed E-state index contributed by atoms with van der Waals surface area (Å²) in [6.45, 7) is 0. The fourth-order valence-electron chi connectivity index (χ4n) is 3.26. The average Bonchev–Trinajstić information content (AvgIpc) is 3.24. The predicted molar refractivity (Wildman–Crippen MR) is 108 cm³/mol. The first-order valence-electron chi connectivity index (χ1n) is 9.51. The molecule has 142 valence electrons. The van der Waals surface area contributed by atoms with Gasteiger partial charge < -0.3 is 15.4 Å². The quantitative estimate of drug-likeness (QED) is 0.655. The molecule has 6 heteroatoms. The van der Waals surface area contributed by atoms with Crippen LogP contribution in [0.4, 0.5) is 11.5 Å². The van der Waals surface area contributed by atoms with Crippen LogP contribution in [0.5, 0.6) is 11.5 Å². The summed E-state index contributed by atoms with van der Waals surface area (Å²) in [5.41, 5.74) is 1.09. The molecule has 0 radical (unpaired) electrons. The minimum atomic E-state index is -0.168. The molecule has 0 unspecified atom stereocenters. The Morgan fingerprint density at radius 3 is 2.39 bits per heavy atom. The molecule has 1 aliphatic rings. The number of nitrogens with one attached hydrogen (secondary N) is 2. The van der Waals surface area contributed by atoms with Gasteiger partial charge >= 0.3 is 0 Å². The van der Waals surface area contributed by atoms with Gasteiger partial charge in [0.2, 0.25) is 0 Å². The third-order valence-corrected chi connectivity index (χ3v) is 4.71. The number of rotatable bonds is 6. The second-order valence-corrected chi connectivity index (χ2v) is 6.79. The molecular formula is C22H22N4O2. The maximum absolute atomic E-state index is 12.3. The van der Waals surface area contributed by atoms with E-state index in [0.717, 1.165) is 24.3 Å². The number of amides is 1. The minimum absolute atomic E-state index is 0.168. The van der Waals surface area contributed by atoms with Crippen molar-refractivity contribution in [1.29, 1.82) is 0 Å². The molecule has 2 aromatic carbocycles. The Morgan fingerprint density at radius 2 is 1.64 bits per heavy atom. The molecular weight excluding hydrogens is 352 g/mol. The minimum Gasteiger partial charge on any atom is -0.455 e. The van der Waals surface area contributed by atoms with E-state index in [2.05, 4.69) is 20.8 Å². The van der Waals surface area contributed by atoms with Gasteiger partial charge in [-0.25, -0.2) is 0 Å². The number of ether oxygens (including phenoxy) is 1. The van der Waals surface area contributed by atoms with Crippen LogP contribution in [0.2, 0.25) is 0 Å². The lowest BCUT2D eigenvalue weighted by Crippen LogP contribution is -2.33. The first kappa shape index (κ1) is 18.0. The molecule has 3 aromatic rings. The van der Waals surface area contributed by atoms with Crippen LogP contribution in [0.25, 0.3) is 0 Å². The molecule has 0 spiro atoms. The van der Waals surface area contributed by atoms with Crippen LogP contribution in [-0.2, 0) is 0 Å². The molecule has 1 aromatic heterocycles. The molecule has 1 fully saturated rings. The zero-order chi connectivity index (χ0) is 19.2. The molecule has 0 saturated heterocycles. The van der Waals surface area contributed by atoms with Crippen molar-refractivity contribution in [2.75, 3.05) is 5.32 Å². The van der Waals surface area contributed by atoms with Gasteiger partial charge in [0.15, 0.2) is 17.3 Å². The van der Waals surface area contributed by atoms with E-state index >= 15 is 0 Å². The number of carbonyl (C=O) groups is 1. The lowest BCUT2D eigenvalue weighted by molar-refractivity contribution is 0.0932. The number of anilines is 2. The van der Waals surface area contributed by atoms with Crippen LogP contribution in [-0.4, -0.2) is 22.1 Å². The van der Waals surface area contributed by atoms with Gasteiger partial charge in [0.25, 0.3) is 5.91 Å². The Labute approximate surface area is 164 Å². The second-order valence-electron chi connectivity index (χ2n) is 6.79. The third kappa shape index (κ3) is 4.46. The zero-order valence-electron chi connectivity index (χ0n) is 15.5. The van der Waals surface area contributed by atoms with Crippen molar-refractivity contribution >= 4 is 17.4 Å². The number of para-hydroxylation sites is 3. The van der Waals surface area contributed by atoms with E-state index in [4.69, 9.17) is 4.74 Å². The molecule has 0 atom stereocenters. The van der Waals surface area contributed by atoms with E-state index in [1.54, 1.807) is 12.1 Å². The SMILES string of the molecule is O=C(NC1CCCC1)c1ccc(Nc2ccccc2Oc2ccccc2)nn1. The Morgan fingerprint density at radius 1 is 0.893 bits per heavy atom. The Balaban J connectivity index is 1.44. The lowest BCUT2D eigenvalue weighted by Gasteiger charge is -2.13. The maximum atomic E-state index is 12.3. The molecule has 1 saturated carbocycles. The van der Waals surface area contributed by atoms with E-state index < -0.39 is 0 Å². The standard InChI is InChI=1S/C22H22N4O2/c27-22(23-16-8-4-5-9-16)19-14-15-21(26-25-19)24-18-12-6-7-13-20(18)28-17-10-2-1-3-11-17/h1-3,6-7,10-16H,4-5,8-9H2,(H,23,27)(H,24,26). The molecule has 28 heavy (non-hydrogen) atoms.